The lowest BCUT2D eigenvalue weighted by Crippen LogP contribution is -2.37. The van der Waals surface area contributed by atoms with Crippen molar-refractivity contribution in [2.45, 2.75) is 12.6 Å². The summed E-state index contributed by atoms with van der Waals surface area (Å²) >= 11 is 0. The van der Waals surface area contributed by atoms with Crippen LogP contribution in [0.3, 0.4) is 0 Å². The minimum absolute atomic E-state index is 0.330. The third-order valence-corrected chi connectivity index (χ3v) is 4.36. The summed E-state index contributed by atoms with van der Waals surface area (Å²) in [6.45, 7) is 0.375. The van der Waals surface area contributed by atoms with Gasteiger partial charge in [0.1, 0.15) is 12.6 Å². The number of carbonyl (C=O) groups excluding carboxylic acids is 2. The van der Waals surface area contributed by atoms with Crippen molar-refractivity contribution in [3.63, 3.8) is 0 Å². The van der Waals surface area contributed by atoms with Crippen molar-refractivity contribution in [1.82, 2.24) is 5.32 Å². The van der Waals surface area contributed by atoms with Gasteiger partial charge < -0.3 is 20.5 Å². The number of methoxy groups -OCH3 is 1. The summed E-state index contributed by atoms with van der Waals surface area (Å²) < 4.78 is 11.2. The second-order valence-electron chi connectivity index (χ2n) is 6.36. The lowest BCUT2D eigenvalue weighted by atomic mass is 10.1. The van der Waals surface area contributed by atoms with Gasteiger partial charge in [-0.05, 0) is 29.3 Å². The van der Waals surface area contributed by atoms with E-state index in [-0.39, 0.29) is 0 Å². The van der Waals surface area contributed by atoms with Crippen LogP contribution in [0.1, 0.15) is 27.5 Å². The maximum absolute atomic E-state index is 12.7. The van der Waals surface area contributed by atoms with Crippen LogP contribution in [-0.4, -0.2) is 18.9 Å². The fraction of sp³-hybridized carbons (Fsp3) is 0.130. The minimum atomic E-state index is -0.927. The van der Waals surface area contributed by atoms with E-state index in [9.17, 15) is 9.59 Å². The fourth-order valence-corrected chi connectivity index (χ4v) is 2.84. The summed E-state index contributed by atoms with van der Waals surface area (Å²) in [6, 6.07) is 22.5. The molecule has 0 aliphatic heterocycles. The van der Waals surface area contributed by atoms with E-state index in [1.165, 1.54) is 7.11 Å². The molecule has 1 atom stereocenters. The molecule has 0 saturated heterocycles. The molecule has 3 N–H and O–H groups in total. The molecular formula is C23H22N2O4. The van der Waals surface area contributed by atoms with Gasteiger partial charge in [-0.2, -0.15) is 0 Å². The van der Waals surface area contributed by atoms with Crippen LogP contribution in [0.4, 0.5) is 0 Å². The number of nitrogens with one attached hydrogen (secondary N) is 1. The molecular weight excluding hydrogens is 368 g/mol. The Hall–Kier alpha value is -3.80. The number of benzene rings is 3. The normalized spacial score (nSPS) is 11.3. The van der Waals surface area contributed by atoms with E-state index in [0.29, 0.717) is 29.2 Å². The Morgan fingerprint density at radius 3 is 2.21 bits per heavy atom. The molecule has 29 heavy (non-hydrogen) atoms. The smallest absolute Gasteiger partial charge is 0.252 e. The van der Waals surface area contributed by atoms with Gasteiger partial charge in [0.05, 0.1) is 7.11 Å². The first-order valence-electron chi connectivity index (χ1n) is 9.08. The summed E-state index contributed by atoms with van der Waals surface area (Å²) in [5.41, 5.74) is 7.43. The fourth-order valence-electron chi connectivity index (χ4n) is 2.84. The molecule has 0 bridgehead atoms. The number of rotatable bonds is 8. The number of amides is 2. The third kappa shape index (κ3) is 5.13. The molecule has 148 valence electrons. The van der Waals surface area contributed by atoms with Gasteiger partial charge in [0.2, 0.25) is 5.91 Å². The van der Waals surface area contributed by atoms with E-state index < -0.39 is 17.9 Å². The molecule has 0 unspecified atom stereocenters. The zero-order chi connectivity index (χ0) is 20.6. The van der Waals surface area contributed by atoms with Crippen molar-refractivity contribution in [2.24, 2.45) is 5.73 Å². The average Bonchev–Trinajstić information content (AvgIpc) is 2.76. The molecule has 3 rings (SSSR count). The Labute approximate surface area is 169 Å². The van der Waals surface area contributed by atoms with E-state index in [0.717, 1.165) is 5.56 Å². The molecule has 0 aromatic heterocycles. The largest absolute Gasteiger partial charge is 0.493 e. The van der Waals surface area contributed by atoms with Crippen LogP contribution >= 0.6 is 0 Å². The molecule has 6 nitrogen and oxygen atoms in total. The highest BCUT2D eigenvalue weighted by molar-refractivity contribution is 5.98. The van der Waals surface area contributed by atoms with Gasteiger partial charge in [0.25, 0.3) is 5.91 Å². The first kappa shape index (κ1) is 19.9. The maximum atomic E-state index is 12.7. The number of primary amides is 1. The number of ether oxygens (including phenoxy) is 2. The Morgan fingerprint density at radius 2 is 1.59 bits per heavy atom. The van der Waals surface area contributed by atoms with Crippen LogP contribution in [0.15, 0.2) is 78.9 Å². The zero-order valence-electron chi connectivity index (χ0n) is 16.0. The summed E-state index contributed by atoms with van der Waals surface area (Å²) in [6.07, 6.45) is 0. The molecule has 3 aromatic carbocycles. The Morgan fingerprint density at radius 1 is 0.931 bits per heavy atom. The van der Waals surface area contributed by atoms with Gasteiger partial charge in [-0.3, -0.25) is 9.59 Å². The van der Waals surface area contributed by atoms with Gasteiger partial charge in [-0.1, -0.05) is 60.7 Å². The third-order valence-electron chi connectivity index (χ3n) is 4.36. The Kier molecular flexibility index (Phi) is 6.47. The quantitative estimate of drug-likeness (QED) is 0.618. The Balaban J connectivity index is 1.74. The summed E-state index contributed by atoms with van der Waals surface area (Å²) in [4.78, 5) is 24.5. The van der Waals surface area contributed by atoms with E-state index in [2.05, 4.69) is 5.32 Å². The highest BCUT2D eigenvalue weighted by Gasteiger charge is 2.21. The number of hydrogen-bond donors (Lipinski definition) is 2. The molecule has 0 heterocycles. The molecule has 0 radical (unpaired) electrons. The molecule has 6 heteroatoms. The molecule has 0 aliphatic rings. The molecule has 0 spiro atoms. The van der Waals surface area contributed by atoms with Crippen LogP contribution < -0.4 is 20.5 Å². The van der Waals surface area contributed by atoms with E-state index in [4.69, 9.17) is 15.2 Å². The number of nitrogens with two attached hydrogens (primary N) is 1. The lowest BCUT2D eigenvalue weighted by molar-refractivity contribution is -0.120. The molecule has 0 saturated carbocycles. The topological polar surface area (TPSA) is 90.6 Å². The lowest BCUT2D eigenvalue weighted by Gasteiger charge is -2.17. The van der Waals surface area contributed by atoms with Crippen molar-refractivity contribution in [2.75, 3.05) is 7.11 Å². The van der Waals surface area contributed by atoms with Gasteiger partial charge in [0.15, 0.2) is 11.5 Å². The average molecular weight is 390 g/mol. The highest BCUT2D eigenvalue weighted by atomic mass is 16.5. The van der Waals surface area contributed by atoms with Gasteiger partial charge in [-0.15, -0.1) is 0 Å². The minimum Gasteiger partial charge on any atom is -0.493 e. The van der Waals surface area contributed by atoms with Crippen LogP contribution in [0.25, 0.3) is 0 Å². The molecule has 3 aromatic rings. The summed E-state index contributed by atoms with van der Waals surface area (Å²) in [5.74, 6) is -0.142. The first-order chi connectivity index (χ1) is 14.1. The number of hydrogen-bond acceptors (Lipinski definition) is 4. The monoisotopic (exact) mass is 390 g/mol. The highest BCUT2D eigenvalue weighted by Crippen LogP contribution is 2.29. The predicted molar refractivity (Wildman–Crippen MR) is 110 cm³/mol. The zero-order valence-corrected chi connectivity index (χ0v) is 16.0. The molecule has 2 amide bonds. The van der Waals surface area contributed by atoms with Crippen molar-refractivity contribution in [1.29, 1.82) is 0 Å². The van der Waals surface area contributed by atoms with Crippen molar-refractivity contribution in [3.8, 4) is 11.5 Å². The molecule has 0 fully saturated rings. The second-order valence-corrected chi connectivity index (χ2v) is 6.36. The first-order valence-corrected chi connectivity index (χ1v) is 9.08. The van der Waals surface area contributed by atoms with Crippen LogP contribution in [0.2, 0.25) is 0 Å². The van der Waals surface area contributed by atoms with E-state index in [1.807, 2.05) is 36.4 Å². The van der Waals surface area contributed by atoms with Gasteiger partial charge in [0, 0.05) is 5.56 Å². The SMILES string of the molecule is COc1cc(C(=O)N[C@H](C(N)=O)c2ccccc2)ccc1OCc1ccccc1. The Bertz CT molecular complexity index is 975. The van der Waals surface area contributed by atoms with Crippen LogP contribution in [0.5, 0.6) is 11.5 Å². The number of carbonyl (C=O) groups is 2. The molecule has 0 aliphatic carbocycles. The standard InChI is InChI=1S/C23H22N2O4/c1-28-20-14-18(12-13-19(20)29-15-16-8-4-2-5-9-16)23(27)25-21(22(24)26)17-10-6-3-7-11-17/h2-14,21H,15H2,1H3,(H2,24,26)(H,25,27)/t21-/m0/s1. The van der Waals surface area contributed by atoms with Gasteiger partial charge >= 0.3 is 0 Å². The maximum Gasteiger partial charge on any atom is 0.252 e. The van der Waals surface area contributed by atoms with Crippen molar-refractivity contribution < 1.29 is 19.1 Å². The summed E-state index contributed by atoms with van der Waals surface area (Å²) in [5, 5.41) is 2.67. The van der Waals surface area contributed by atoms with Crippen molar-refractivity contribution in [3.05, 3.63) is 95.6 Å². The van der Waals surface area contributed by atoms with E-state index in [1.54, 1.807) is 42.5 Å². The van der Waals surface area contributed by atoms with Crippen molar-refractivity contribution >= 4 is 11.8 Å². The van der Waals surface area contributed by atoms with Crippen LogP contribution in [0, 0.1) is 0 Å². The van der Waals surface area contributed by atoms with E-state index >= 15 is 0 Å². The predicted octanol–water partition coefficient (Wildman–Crippen LogP) is 3.23. The summed E-state index contributed by atoms with van der Waals surface area (Å²) in [7, 11) is 1.50. The second kappa shape index (κ2) is 9.41. The van der Waals surface area contributed by atoms with Gasteiger partial charge in [-0.25, -0.2) is 0 Å². The van der Waals surface area contributed by atoms with Crippen LogP contribution in [-0.2, 0) is 11.4 Å².